The molecular weight excluding hydrogens is 378 g/mol. The summed E-state index contributed by atoms with van der Waals surface area (Å²) < 4.78 is 32.3. The Kier molecular flexibility index (Phi) is 7.25. The van der Waals surface area contributed by atoms with Gasteiger partial charge in [-0.1, -0.05) is 54.6 Å². The fourth-order valence-electron chi connectivity index (χ4n) is 2.66. The minimum atomic E-state index is -3.96. The molecule has 0 aromatic heterocycles. The summed E-state index contributed by atoms with van der Waals surface area (Å²) in [5, 5.41) is 0. The molecule has 0 aliphatic heterocycles. The molecule has 0 fully saturated rings. The summed E-state index contributed by atoms with van der Waals surface area (Å²) in [6, 6.07) is 15.3. The van der Waals surface area contributed by atoms with Crippen LogP contribution in [0, 0.1) is 6.92 Å². The second-order valence-electron chi connectivity index (χ2n) is 6.29. The van der Waals surface area contributed by atoms with E-state index in [1.165, 1.54) is 19.1 Å². The van der Waals surface area contributed by atoms with Crippen LogP contribution in [0.15, 0.2) is 66.1 Å². The molecule has 7 heteroatoms. The van der Waals surface area contributed by atoms with E-state index in [0.717, 1.165) is 9.87 Å². The number of esters is 1. The third-order valence-corrected chi connectivity index (χ3v) is 5.99. The summed E-state index contributed by atoms with van der Waals surface area (Å²) in [7, 11) is -3.96. The predicted octanol–water partition coefficient (Wildman–Crippen LogP) is 2.83. The molecule has 0 saturated heterocycles. The van der Waals surface area contributed by atoms with Crippen LogP contribution in [0.2, 0.25) is 0 Å². The summed E-state index contributed by atoms with van der Waals surface area (Å²) in [6.45, 7) is 6.47. The maximum Gasteiger partial charge on any atom is 0.303 e. The summed E-state index contributed by atoms with van der Waals surface area (Å²) in [5.74, 6) is -0.569. The Morgan fingerprint density at radius 1 is 1.14 bits per heavy atom. The van der Waals surface area contributed by atoms with Gasteiger partial charge < -0.3 is 9.53 Å². The molecule has 2 aromatic carbocycles. The highest BCUT2D eigenvalue weighted by Crippen LogP contribution is 2.23. The normalized spacial score (nSPS) is 12.4. The zero-order valence-electron chi connectivity index (χ0n) is 15.9. The number of benzene rings is 2. The quantitative estimate of drug-likeness (QED) is 0.477. The van der Waals surface area contributed by atoms with Gasteiger partial charge in [0, 0.05) is 6.92 Å². The Hall–Kier alpha value is -2.77. The highest BCUT2D eigenvalue weighted by Gasteiger charge is 2.29. The predicted molar refractivity (Wildman–Crippen MR) is 107 cm³/mol. The van der Waals surface area contributed by atoms with Crippen LogP contribution in [0.4, 0.5) is 0 Å². The number of hydrogen-bond acceptors (Lipinski definition) is 5. The Morgan fingerprint density at radius 2 is 1.75 bits per heavy atom. The molecule has 0 bridgehead atoms. The Labute approximate surface area is 165 Å². The second-order valence-corrected chi connectivity index (χ2v) is 8.23. The number of aryl methyl sites for hydroxylation is 1. The summed E-state index contributed by atoms with van der Waals surface area (Å²) in [5.41, 5.74) is 2.08. The molecule has 28 heavy (non-hydrogen) atoms. The average molecular weight is 401 g/mol. The molecule has 0 heterocycles. The van der Waals surface area contributed by atoms with Crippen LogP contribution in [0.1, 0.15) is 18.1 Å². The van der Waals surface area contributed by atoms with Crippen molar-refractivity contribution in [3.8, 4) is 0 Å². The topological polar surface area (TPSA) is 80.8 Å². The van der Waals surface area contributed by atoms with Crippen molar-refractivity contribution in [3.63, 3.8) is 0 Å². The first-order chi connectivity index (χ1) is 13.3. The van der Waals surface area contributed by atoms with Gasteiger partial charge in [0.05, 0.1) is 18.0 Å². The van der Waals surface area contributed by atoms with E-state index in [4.69, 9.17) is 4.74 Å². The highest BCUT2D eigenvalue weighted by molar-refractivity contribution is 7.89. The summed E-state index contributed by atoms with van der Waals surface area (Å²) >= 11 is 0. The lowest BCUT2D eigenvalue weighted by atomic mass is 10.0. The smallest absolute Gasteiger partial charge is 0.303 e. The van der Waals surface area contributed by atoms with Gasteiger partial charge in [-0.25, -0.2) is 8.42 Å². The summed E-state index contributed by atoms with van der Waals surface area (Å²) in [4.78, 5) is 22.8. The van der Waals surface area contributed by atoms with Crippen LogP contribution in [0.25, 0.3) is 5.57 Å². The molecule has 0 aliphatic rings. The first-order valence-corrected chi connectivity index (χ1v) is 10.1. The number of carbonyl (C=O) groups excluding carboxylic acids is 2. The Balaban J connectivity index is 2.36. The van der Waals surface area contributed by atoms with E-state index in [9.17, 15) is 18.0 Å². The van der Waals surface area contributed by atoms with Gasteiger partial charge in [-0.2, -0.15) is 4.31 Å². The van der Waals surface area contributed by atoms with E-state index in [1.807, 2.05) is 13.0 Å². The fourth-order valence-corrected chi connectivity index (χ4v) is 4.02. The first-order valence-electron chi connectivity index (χ1n) is 8.67. The van der Waals surface area contributed by atoms with E-state index in [2.05, 4.69) is 6.58 Å². The third kappa shape index (κ3) is 5.37. The molecule has 148 valence electrons. The monoisotopic (exact) mass is 401 g/mol. The molecule has 6 nitrogen and oxygen atoms in total. The van der Waals surface area contributed by atoms with E-state index in [1.54, 1.807) is 36.4 Å². The van der Waals surface area contributed by atoms with E-state index in [-0.39, 0.29) is 18.0 Å². The molecule has 0 unspecified atom stereocenters. The fraction of sp³-hybridized carbons (Fsp3) is 0.238. The van der Waals surface area contributed by atoms with Gasteiger partial charge in [0.2, 0.25) is 10.0 Å². The van der Waals surface area contributed by atoms with Crippen LogP contribution in [0.3, 0.4) is 0 Å². The van der Waals surface area contributed by atoms with E-state index < -0.39 is 22.1 Å². The molecule has 2 rings (SSSR count). The van der Waals surface area contributed by atoms with Crippen LogP contribution < -0.4 is 0 Å². The average Bonchev–Trinajstić information content (AvgIpc) is 2.67. The first kappa shape index (κ1) is 21.5. The van der Waals surface area contributed by atoms with Crippen LogP contribution >= 0.6 is 0 Å². The zero-order chi connectivity index (χ0) is 20.7. The highest BCUT2D eigenvalue weighted by atomic mass is 32.2. The van der Waals surface area contributed by atoms with Crippen molar-refractivity contribution >= 4 is 27.9 Å². The standard InChI is InChI=1S/C21H23NO5S/c1-16-9-11-20(12-10-16)28(25,26)22(13-14-23)15-21(27-18(3)24)17(2)19-7-5-4-6-8-19/h4-12,14,21H,2,13,15H2,1,3H3/t21-/m1/s1. The van der Waals surface area contributed by atoms with E-state index >= 15 is 0 Å². The van der Waals surface area contributed by atoms with Gasteiger partial charge in [-0.15, -0.1) is 0 Å². The lowest BCUT2D eigenvalue weighted by molar-refractivity contribution is -0.143. The van der Waals surface area contributed by atoms with Crippen LogP contribution in [-0.2, 0) is 24.3 Å². The van der Waals surface area contributed by atoms with Gasteiger partial charge in [-0.3, -0.25) is 4.79 Å². The number of hydrogen-bond donors (Lipinski definition) is 0. The molecule has 0 N–H and O–H groups in total. The molecule has 2 aromatic rings. The zero-order valence-corrected chi connectivity index (χ0v) is 16.7. The second kappa shape index (κ2) is 9.43. The van der Waals surface area contributed by atoms with Crippen molar-refractivity contribution < 1.29 is 22.7 Å². The molecule has 0 spiro atoms. The number of nitrogens with zero attached hydrogens (tertiary/aromatic N) is 1. The maximum atomic E-state index is 13.0. The van der Waals surface area contributed by atoms with Crippen molar-refractivity contribution in [3.05, 3.63) is 72.3 Å². The number of sulfonamides is 1. The molecular formula is C21H23NO5S. The Bertz CT molecular complexity index is 937. The van der Waals surface area contributed by atoms with Crippen molar-refractivity contribution in [2.24, 2.45) is 0 Å². The van der Waals surface area contributed by atoms with Crippen LogP contribution in [0.5, 0.6) is 0 Å². The lowest BCUT2D eigenvalue weighted by Gasteiger charge is -2.27. The van der Waals surface area contributed by atoms with Crippen molar-refractivity contribution in [2.75, 3.05) is 13.1 Å². The largest absolute Gasteiger partial charge is 0.456 e. The van der Waals surface area contributed by atoms with Gasteiger partial charge in [0.15, 0.2) is 0 Å². The van der Waals surface area contributed by atoms with Crippen LogP contribution in [-0.4, -0.2) is 44.2 Å². The molecule has 0 saturated carbocycles. The van der Waals surface area contributed by atoms with Gasteiger partial charge in [0.1, 0.15) is 12.4 Å². The van der Waals surface area contributed by atoms with Crippen molar-refractivity contribution in [2.45, 2.75) is 24.8 Å². The van der Waals surface area contributed by atoms with Gasteiger partial charge in [0.25, 0.3) is 0 Å². The number of rotatable bonds is 9. The molecule has 0 aliphatic carbocycles. The maximum absolute atomic E-state index is 13.0. The number of aldehydes is 1. The van der Waals surface area contributed by atoms with Gasteiger partial charge in [-0.05, 0) is 30.2 Å². The third-order valence-electron chi connectivity index (χ3n) is 4.15. The minimum absolute atomic E-state index is 0.0619. The van der Waals surface area contributed by atoms with Crippen molar-refractivity contribution in [1.29, 1.82) is 0 Å². The molecule has 0 radical (unpaired) electrons. The molecule has 1 atom stereocenters. The minimum Gasteiger partial charge on any atom is -0.456 e. The number of ether oxygens (including phenoxy) is 1. The van der Waals surface area contributed by atoms with E-state index in [0.29, 0.717) is 17.4 Å². The van der Waals surface area contributed by atoms with Crippen molar-refractivity contribution in [1.82, 2.24) is 4.31 Å². The molecule has 0 amide bonds. The number of carbonyl (C=O) groups is 2. The SMILES string of the molecule is C=C(c1ccccc1)[C@@H](CN(CC=O)S(=O)(=O)c1ccc(C)cc1)OC(C)=O. The summed E-state index contributed by atoms with van der Waals surface area (Å²) in [6.07, 6.45) is -0.429. The Morgan fingerprint density at radius 3 is 2.29 bits per heavy atom. The lowest BCUT2D eigenvalue weighted by Crippen LogP contribution is -2.40. The van der Waals surface area contributed by atoms with Gasteiger partial charge >= 0.3 is 5.97 Å².